The number of fused-ring (bicyclic) bond motifs is 1. The predicted molar refractivity (Wildman–Crippen MR) is 100 cm³/mol. The molecule has 134 valence electrons. The minimum absolute atomic E-state index is 0.00559. The summed E-state index contributed by atoms with van der Waals surface area (Å²) >= 11 is 1.42. The Morgan fingerprint density at radius 1 is 1.26 bits per heavy atom. The first-order valence-electron chi connectivity index (χ1n) is 7.92. The van der Waals surface area contributed by atoms with E-state index < -0.39 is 5.97 Å². The first-order valence-corrected chi connectivity index (χ1v) is 8.73. The van der Waals surface area contributed by atoms with Crippen LogP contribution in [0.15, 0.2) is 49.2 Å². The Kier molecular flexibility index (Phi) is 4.13. The molecule has 4 aromatic rings. The smallest absolute Gasteiger partial charge is 0.337 e. The number of hydrogen-bond donors (Lipinski definition) is 2. The molecule has 0 aliphatic rings. The van der Waals surface area contributed by atoms with Gasteiger partial charge in [-0.1, -0.05) is 6.07 Å². The molecule has 4 aromatic heterocycles. The van der Waals surface area contributed by atoms with Crippen molar-refractivity contribution in [1.29, 1.82) is 0 Å². The van der Waals surface area contributed by atoms with Crippen LogP contribution in [0.4, 0.5) is 5.69 Å². The quantitative estimate of drug-likeness (QED) is 0.564. The summed E-state index contributed by atoms with van der Waals surface area (Å²) in [7, 11) is 0. The minimum Gasteiger partial charge on any atom is -0.478 e. The van der Waals surface area contributed by atoms with Crippen molar-refractivity contribution in [3.8, 4) is 10.4 Å². The summed E-state index contributed by atoms with van der Waals surface area (Å²) in [4.78, 5) is 33.6. The van der Waals surface area contributed by atoms with Crippen LogP contribution in [0.3, 0.4) is 0 Å². The van der Waals surface area contributed by atoms with E-state index in [9.17, 15) is 9.59 Å². The van der Waals surface area contributed by atoms with E-state index in [2.05, 4.69) is 20.4 Å². The number of pyridine rings is 2. The molecule has 0 saturated heterocycles. The SMILES string of the molecule is Cc1ncc(C(=O)O)cc1NC(=O)c1cnn2cc(-c3cccnc3)sc12. The number of aromatic carboxylic acids is 1. The van der Waals surface area contributed by atoms with Crippen molar-refractivity contribution in [3.63, 3.8) is 0 Å². The second-order valence-corrected chi connectivity index (χ2v) is 6.79. The molecule has 1 amide bonds. The van der Waals surface area contributed by atoms with Crippen LogP contribution in [0, 0.1) is 6.92 Å². The van der Waals surface area contributed by atoms with Gasteiger partial charge in [-0.05, 0) is 19.1 Å². The average Bonchev–Trinajstić information content (AvgIpc) is 3.24. The second-order valence-electron chi connectivity index (χ2n) is 5.76. The highest BCUT2D eigenvalue weighted by molar-refractivity contribution is 7.21. The maximum absolute atomic E-state index is 12.7. The zero-order chi connectivity index (χ0) is 19.0. The minimum atomic E-state index is -1.11. The zero-order valence-corrected chi connectivity index (χ0v) is 14.9. The predicted octanol–water partition coefficient (Wildman–Crippen LogP) is 3.11. The van der Waals surface area contributed by atoms with Gasteiger partial charge in [-0.2, -0.15) is 5.10 Å². The Morgan fingerprint density at radius 2 is 2.11 bits per heavy atom. The Morgan fingerprint density at radius 3 is 2.85 bits per heavy atom. The van der Waals surface area contributed by atoms with Crippen LogP contribution in [0.25, 0.3) is 15.3 Å². The van der Waals surface area contributed by atoms with Gasteiger partial charge in [0.15, 0.2) is 0 Å². The van der Waals surface area contributed by atoms with Crippen LogP contribution < -0.4 is 5.32 Å². The molecule has 0 aliphatic carbocycles. The summed E-state index contributed by atoms with van der Waals surface area (Å²) in [5, 5.41) is 16.1. The number of anilines is 1. The van der Waals surface area contributed by atoms with Crippen molar-refractivity contribution in [3.05, 3.63) is 66.0 Å². The number of nitrogens with one attached hydrogen (secondary N) is 1. The maximum atomic E-state index is 12.7. The van der Waals surface area contributed by atoms with Gasteiger partial charge < -0.3 is 10.4 Å². The summed E-state index contributed by atoms with van der Waals surface area (Å²) in [6.45, 7) is 1.69. The number of aromatic nitrogens is 4. The topological polar surface area (TPSA) is 109 Å². The summed E-state index contributed by atoms with van der Waals surface area (Å²) in [5.74, 6) is -1.48. The van der Waals surface area contributed by atoms with Gasteiger partial charge in [0.05, 0.1) is 33.6 Å². The molecule has 4 heterocycles. The molecule has 0 bridgehead atoms. The molecule has 27 heavy (non-hydrogen) atoms. The Balaban J connectivity index is 1.67. The first kappa shape index (κ1) is 16.9. The monoisotopic (exact) mass is 379 g/mol. The van der Waals surface area contributed by atoms with E-state index in [1.165, 1.54) is 29.8 Å². The number of hydrogen-bond acceptors (Lipinski definition) is 6. The van der Waals surface area contributed by atoms with E-state index >= 15 is 0 Å². The van der Waals surface area contributed by atoms with Gasteiger partial charge in [0.2, 0.25) is 0 Å². The number of carboxylic acid groups (broad SMARTS) is 1. The zero-order valence-electron chi connectivity index (χ0n) is 14.1. The molecule has 4 rings (SSSR count). The standard InChI is InChI=1S/C18H13N5O3S/c1-10-14(5-12(7-20-10)18(25)26)22-16(24)13-8-21-23-9-15(27-17(13)23)11-3-2-4-19-6-11/h2-9H,1H3,(H,22,24)(H,25,26). The summed E-state index contributed by atoms with van der Waals surface area (Å²) in [6.07, 6.45) is 8.02. The number of carboxylic acids is 1. The number of carbonyl (C=O) groups is 2. The highest BCUT2D eigenvalue weighted by Crippen LogP contribution is 2.30. The molecular weight excluding hydrogens is 366 g/mol. The van der Waals surface area contributed by atoms with E-state index in [1.807, 2.05) is 18.3 Å². The molecule has 2 N–H and O–H groups in total. The first-order chi connectivity index (χ1) is 13.0. The van der Waals surface area contributed by atoms with Crippen molar-refractivity contribution >= 4 is 33.7 Å². The van der Waals surface area contributed by atoms with E-state index in [4.69, 9.17) is 5.11 Å². The number of rotatable bonds is 4. The average molecular weight is 379 g/mol. The molecule has 8 nitrogen and oxygen atoms in total. The fourth-order valence-corrected chi connectivity index (χ4v) is 3.60. The summed E-state index contributed by atoms with van der Waals surface area (Å²) < 4.78 is 1.64. The third-order valence-corrected chi connectivity index (χ3v) is 5.13. The highest BCUT2D eigenvalue weighted by atomic mass is 32.1. The lowest BCUT2D eigenvalue weighted by Gasteiger charge is -2.07. The molecule has 9 heteroatoms. The number of aryl methyl sites for hydroxylation is 1. The largest absolute Gasteiger partial charge is 0.478 e. The van der Waals surface area contributed by atoms with Crippen LogP contribution in [-0.2, 0) is 0 Å². The fraction of sp³-hybridized carbons (Fsp3) is 0.0556. The van der Waals surface area contributed by atoms with E-state index in [1.54, 1.807) is 23.8 Å². The van der Waals surface area contributed by atoms with E-state index in [0.717, 1.165) is 10.4 Å². The third kappa shape index (κ3) is 3.15. The molecular formula is C18H13N5O3S. The molecule has 0 fully saturated rings. The number of thiazole rings is 1. The van der Waals surface area contributed by atoms with Crippen molar-refractivity contribution < 1.29 is 14.7 Å². The van der Waals surface area contributed by atoms with Crippen LogP contribution in [-0.4, -0.2) is 36.6 Å². The van der Waals surface area contributed by atoms with Gasteiger partial charge in [-0.15, -0.1) is 11.3 Å². The molecule has 0 aromatic carbocycles. The third-order valence-electron chi connectivity index (χ3n) is 3.97. The lowest BCUT2D eigenvalue weighted by molar-refractivity contribution is 0.0696. The lowest BCUT2D eigenvalue weighted by atomic mass is 10.2. The maximum Gasteiger partial charge on any atom is 0.337 e. The number of carbonyl (C=O) groups excluding carboxylic acids is 1. The van der Waals surface area contributed by atoms with E-state index in [0.29, 0.717) is 21.8 Å². The van der Waals surface area contributed by atoms with Gasteiger partial charge in [0.1, 0.15) is 4.83 Å². The molecule has 0 aliphatic heterocycles. The Labute approximate surface area is 157 Å². The fourth-order valence-electron chi connectivity index (χ4n) is 2.55. The van der Waals surface area contributed by atoms with Crippen molar-refractivity contribution in [2.24, 2.45) is 0 Å². The Bertz CT molecular complexity index is 1170. The van der Waals surface area contributed by atoms with Gasteiger partial charge in [-0.25, -0.2) is 9.31 Å². The van der Waals surface area contributed by atoms with E-state index in [-0.39, 0.29) is 11.5 Å². The molecule has 0 radical (unpaired) electrons. The van der Waals surface area contributed by atoms with Gasteiger partial charge in [0, 0.05) is 30.4 Å². The van der Waals surface area contributed by atoms with Crippen LogP contribution in [0.5, 0.6) is 0 Å². The molecule has 0 unspecified atom stereocenters. The Hall–Kier alpha value is -3.59. The molecule has 0 atom stereocenters. The van der Waals surface area contributed by atoms with Crippen LogP contribution >= 0.6 is 11.3 Å². The van der Waals surface area contributed by atoms with Crippen molar-refractivity contribution in [2.45, 2.75) is 6.92 Å². The highest BCUT2D eigenvalue weighted by Gasteiger charge is 2.18. The number of amides is 1. The van der Waals surface area contributed by atoms with Crippen molar-refractivity contribution in [2.75, 3.05) is 5.32 Å². The van der Waals surface area contributed by atoms with Crippen LogP contribution in [0.1, 0.15) is 26.4 Å². The molecule has 0 saturated carbocycles. The van der Waals surface area contributed by atoms with Crippen LogP contribution in [0.2, 0.25) is 0 Å². The number of nitrogens with zero attached hydrogens (tertiary/aromatic N) is 4. The second kappa shape index (κ2) is 6.61. The summed E-state index contributed by atoms with van der Waals surface area (Å²) in [5.41, 5.74) is 2.22. The van der Waals surface area contributed by atoms with Gasteiger partial charge in [0.25, 0.3) is 5.91 Å². The van der Waals surface area contributed by atoms with Gasteiger partial charge in [-0.3, -0.25) is 14.8 Å². The van der Waals surface area contributed by atoms with Gasteiger partial charge >= 0.3 is 5.97 Å². The summed E-state index contributed by atoms with van der Waals surface area (Å²) in [6, 6.07) is 5.17. The molecule has 0 spiro atoms. The van der Waals surface area contributed by atoms with Crippen molar-refractivity contribution in [1.82, 2.24) is 19.6 Å². The lowest BCUT2D eigenvalue weighted by Crippen LogP contribution is -2.13. The normalized spacial score (nSPS) is 10.9.